The summed E-state index contributed by atoms with van der Waals surface area (Å²) in [5.41, 5.74) is 6.84. The minimum absolute atomic E-state index is 0.143. The molecule has 0 heterocycles. The Kier molecular flexibility index (Phi) is 7.04. The molecule has 2 amide bonds. The lowest BCUT2D eigenvalue weighted by Crippen LogP contribution is -2.31. The number of methoxy groups -OCH3 is 1. The summed E-state index contributed by atoms with van der Waals surface area (Å²) >= 11 is 0. The van der Waals surface area contributed by atoms with Crippen LogP contribution in [0.15, 0.2) is 24.3 Å². The number of carbonyl (C=O) groups excluding carboxylic acids is 3. The monoisotopic (exact) mass is 307 g/mol. The van der Waals surface area contributed by atoms with Crippen LogP contribution in [0.5, 0.6) is 0 Å². The molecule has 7 nitrogen and oxygen atoms in total. The van der Waals surface area contributed by atoms with Gasteiger partial charge in [-0.15, -0.1) is 0 Å². The van der Waals surface area contributed by atoms with Crippen molar-refractivity contribution in [1.29, 1.82) is 0 Å². The second-order valence-electron chi connectivity index (χ2n) is 4.85. The van der Waals surface area contributed by atoms with Gasteiger partial charge in [0.1, 0.15) is 6.54 Å². The predicted molar refractivity (Wildman–Crippen MR) is 82.0 cm³/mol. The fourth-order valence-corrected chi connectivity index (χ4v) is 1.57. The zero-order valence-electron chi connectivity index (χ0n) is 12.7. The van der Waals surface area contributed by atoms with Gasteiger partial charge in [-0.05, 0) is 17.7 Å². The first-order valence-electron chi connectivity index (χ1n) is 6.89. The molecule has 1 rings (SSSR count). The van der Waals surface area contributed by atoms with Crippen molar-refractivity contribution < 1.29 is 19.1 Å². The van der Waals surface area contributed by atoms with Crippen LogP contribution in [0, 0.1) is 5.92 Å². The predicted octanol–water partition coefficient (Wildman–Crippen LogP) is 0.0516. The highest BCUT2D eigenvalue weighted by atomic mass is 16.5. The van der Waals surface area contributed by atoms with Crippen molar-refractivity contribution in [3.63, 3.8) is 0 Å². The van der Waals surface area contributed by atoms with E-state index >= 15 is 0 Å². The maximum Gasteiger partial charge on any atom is 0.325 e. The molecule has 0 radical (unpaired) electrons. The molecule has 0 fully saturated rings. The SMILES string of the molecule is COC(=O)CNC(=O)Cc1ccc(NC(=O)C(C)CN)cc1. The van der Waals surface area contributed by atoms with Crippen LogP contribution in [0.25, 0.3) is 0 Å². The van der Waals surface area contributed by atoms with E-state index in [9.17, 15) is 14.4 Å². The Balaban J connectivity index is 2.49. The number of esters is 1. The molecule has 0 bridgehead atoms. The fourth-order valence-electron chi connectivity index (χ4n) is 1.57. The fraction of sp³-hybridized carbons (Fsp3) is 0.400. The van der Waals surface area contributed by atoms with Gasteiger partial charge in [-0.3, -0.25) is 14.4 Å². The second kappa shape index (κ2) is 8.78. The molecule has 120 valence electrons. The van der Waals surface area contributed by atoms with Crippen LogP contribution in [0.2, 0.25) is 0 Å². The quantitative estimate of drug-likeness (QED) is 0.617. The van der Waals surface area contributed by atoms with Gasteiger partial charge in [-0.25, -0.2) is 0 Å². The van der Waals surface area contributed by atoms with Gasteiger partial charge in [-0.2, -0.15) is 0 Å². The van der Waals surface area contributed by atoms with E-state index in [1.165, 1.54) is 7.11 Å². The average molecular weight is 307 g/mol. The van der Waals surface area contributed by atoms with Crippen LogP contribution in [-0.4, -0.2) is 38.0 Å². The van der Waals surface area contributed by atoms with Crippen molar-refractivity contribution in [2.24, 2.45) is 11.7 Å². The first-order valence-corrected chi connectivity index (χ1v) is 6.89. The molecule has 0 aliphatic carbocycles. The molecule has 0 aliphatic rings. The van der Waals surface area contributed by atoms with E-state index in [0.29, 0.717) is 5.69 Å². The van der Waals surface area contributed by atoms with Crippen molar-refractivity contribution in [3.8, 4) is 0 Å². The highest BCUT2D eigenvalue weighted by Crippen LogP contribution is 2.11. The van der Waals surface area contributed by atoms with Crippen LogP contribution in [0.4, 0.5) is 5.69 Å². The van der Waals surface area contributed by atoms with Gasteiger partial charge < -0.3 is 21.1 Å². The van der Waals surface area contributed by atoms with E-state index in [4.69, 9.17) is 5.73 Å². The van der Waals surface area contributed by atoms with Crippen molar-refractivity contribution >= 4 is 23.5 Å². The van der Waals surface area contributed by atoms with Crippen LogP contribution in [0.1, 0.15) is 12.5 Å². The summed E-state index contributed by atoms with van der Waals surface area (Å²) in [6, 6.07) is 6.90. The first-order chi connectivity index (χ1) is 10.5. The van der Waals surface area contributed by atoms with E-state index in [2.05, 4.69) is 15.4 Å². The lowest BCUT2D eigenvalue weighted by molar-refractivity contribution is -0.141. The van der Waals surface area contributed by atoms with Crippen LogP contribution in [-0.2, 0) is 25.5 Å². The highest BCUT2D eigenvalue weighted by Gasteiger charge is 2.11. The third-order valence-electron chi connectivity index (χ3n) is 3.04. The van der Waals surface area contributed by atoms with Crippen LogP contribution >= 0.6 is 0 Å². The number of hydrogen-bond donors (Lipinski definition) is 3. The van der Waals surface area contributed by atoms with Gasteiger partial charge in [0.25, 0.3) is 0 Å². The van der Waals surface area contributed by atoms with Crippen molar-refractivity contribution in [2.75, 3.05) is 25.5 Å². The van der Waals surface area contributed by atoms with Gasteiger partial charge in [0, 0.05) is 18.2 Å². The number of amides is 2. The Morgan fingerprint density at radius 1 is 1.23 bits per heavy atom. The summed E-state index contributed by atoms with van der Waals surface area (Å²) in [4.78, 5) is 34.2. The van der Waals surface area contributed by atoms with Gasteiger partial charge in [-0.1, -0.05) is 19.1 Å². The number of carbonyl (C=O) groups is 3. The topological polar surface area (TPSA) is 111 Å². The minimum Gasteiger partial charge on any atom is -0.468 e. The van der Waals surface area contributed by atoms with Gasteiger partial charge in [0.05, 0.1) is 13.5 Å². The Morgan fingerprint density at radius 3 is 2.41 bits per heavy atom. The van der Waals surface area contributed by atoms with Gasteiger partial charge in [0.2, 0.25) is 11.8 Å². The molecule has 7 heteroatoms. The molecule has 1 atom stereocenters. The third-order valence-corrected chi connectivity index (χ3v) is 3.04. The van der Waals surface area contributed by atoms with E-state index in [1.807, 2.05) is 0 Å². The van der Waals surface area contributed by atoms with Crippen molar-refractivity contribution in [3.05, 3.63) is 29.8 Å². The van der Waals surface area contributed by atoms with Crippen molar-refractivity contribution in [2.45, 2.75) is 13.3 Å². The lowest BCUT2D eigenvalue weighted by Gasteiger charge is -2.10. The zero-order valence-corrected chi connectivity index (χ0v) is 12.7. The zero-order chi connectivity index (χ0) is 16.5. The van der Waals surface area contributed by atoms with E-state index in [-0.39, 0.29) is 37.2 Å². The number of nitrogens with one attached hydrogen (secondary N) is 2. The summed E-state index contributed by atoms with van der Waals surface area (Å²) in [5.74, 6) is -1.19. The van der Waals surface area contributed by atoms with Crippen LogP contribution < -0.4 is 16.4 Å². The Morgan fingerprint density at radius 2 is 1.86 bits per heavy atom. The van der Waals surface area contributed by atoms with E-state index in [0.717, 1.165) is 5.56 Å². The number of anilines is 1. The molecule has 1 unspecified atom stereocenters. The Labute approximate surface area is 129 Å². The number of ether oxygens (including phenoxy) is 1. The van der Waals surface area contributed by atoms with Crippen LogP contribution in [0.3, 0.4) is 0 Å². The normalized spacial score (nSPS) is 11.4. The first kappa shape index (κ1) is 17.6. The third kappa shape index (κ3) is 5.92. The second-order valence-corrected chi connectivity index (χ2v) is 4.85. The van der Waals surface area contributed by atoms with E-state index in [1.54, 1.807) is 31.2 Å². The molecule has 1 aromatic carbocycles. The molecule has 22 heavy (non-hydrogen) atoms. The molecule has 1 aromatic rings. The average Bonchev–Trinajstić information content (AvgIpc) is 2.53. The molecule has 0 saturated carbocycles. The van der Waals surface area contributed by atoms with Gasteiger partial charge >= 0.3 is 5.97 Å². The molecule has 0 spiro atoms. The summed E-state index contributed by atoms with van der Waals surface area (Å²) < 4.78 is 4.43. The summed E-state index contributed by atoms with van der Waals surface area (Å²) in [6.07, 6.45) is 0.143. The number of rotatable bonds is 7. The maximum absolute atomic E-state index is 11.7. The number of nitrogens with two attached hydrogens (primary N) is 1. The Hall–Kier alpha value is -2.41. The maximum atomic E-state index is 11.7. The molecule has 0 aromatic heterocycles. The minimum atomic E-state index is -0.500. The van der Waals surface area contributed by atoms with Crippen molar-refractivity contribution in [1.82, 2.24) is 5.32 Å². The standard InChI is InChI=1S/C15H21N3O4/c1-10(8-16)15(21)18-12-5-3-11(4-6-12)7-13(19)17-9-14(20)22-2/h3-6,10H,7-9,16H2,1-2H3,(H,17,19)(H,18,21). The highest BCUT2D eigenvalue weighted by molar-refractivity contribution is 5.92. The molecular weight excluding hydrogens is 286 g/mol. The number of benzene rings is 1. The lowest BCUT2D eigenvalue weighted by atomic mass is 10.1. The Bertz CT molecular complexity index is 528. The molecule has 0 saturated heterocycles. The van der Waals surface area contributed by atoms with Gasteiger partial charge in [0.15, 0.2) is 0 Å². The number of hydrogen-bond acceptors (Lipinski definition) is 5. The molecule has 0 aliphatic heterocycles. The largest absolute Gasteiger partial charge is 0.468 e. The summed E-state index contributed by atoms with van der Waals surface area (Å²) in [6.45, 7) is 1.88. The summed E-state index contributed by atoms with van der Waals surface area (Å²) in [5, 5.41) is 5.19. The molecular formula is C15H21N3O4. The smallest absolute Gasteiger partial charge is 0.325 e. The van der Waals surface area contributed by atoms with E-state index < -0.39 is 5.97 Å². The molecule has 4 N–H and O–H groups in total. The summed E-state index contributed by atoms with van der Waals surface area (Å²) in [7, 11) is 1.26.